The van der Waals surface area contributed by atoms with E-state index in [0.29, 0.717) is 0 Å². The molecule has 0 spiro atoms. The molecule has 1 aromatic rings. The molecule has 1 fully saturated rings. The number of rotatable bonds is 4. The van der Waals surface area contributed by atoms with Crippen molar-refractivity contribution in [2.75, 3.05) is 24.7 Å². The Morgan fingerprint density at radius 1 is 1.52 bits per heavy atom. The minimum absolute atomic E-state index is 0.0219. The van der Waals surface area contributed by atoms with Crippen LogP contribution in [0.1, 0.15) is 12.0 Å². The van der Waals surface area contributed by atoms with Crippen molar-refractivity contribution in [3.63, 3.8) is 0 Å². The highest BCUT2D eigenvalue weighted by Gasteiger charge is 2.32. The first-order valence-corrected chi connectivity index (χ1v) is 6.05. The molecule has 1 atom stereocenters. The number of alkyl halides is 2. The molecule has 1 aliphatic heterocycles. The van der Waals surface area contributed by atoms with Crippen LogP contribution in [0.3, 0.4) is 0 Å². The summed E-state index contributed by atoms with van der Waals surface area (Å²) >= 11 is 0. The Morgan fingerprint density at radius 3 is 2.81 bits per heavy atom. The molecular weight excluding hydrogens is 290 g/mol. The van der Waals surface area contributed by atoms with E-state index < -0.39 is 34.6 Å². The molecule has 0 bridgehead atoms. The lowest BCUT2D eigenvalue weighted by atomic mass is 10.1. The maximum Gasteiger partial charge on any atom is 0.328 e. The van der Waals surface area contributed by atoms with Gasteiger partial charge in [0.1, 0.15) is 0 Å². The molecule has 0 amide bonds. The number of benzene rings is 1. The maximum absolute atomic E-state index is 13.1. The van der Waals surface area contributed by atoms with Crippen molar-refractivity contribution in [1.29, 1.82) is 0 Å². The summed E-state index contributed by atoms with van der Waals surface area (Å²) in [4.78, 5) is 22.3. The van der Waals surface area contributed by atoms with Crippen molar-refractivity contribution < 1.29 is 28.3 Å². The van der Waals surface area contributed by atoms with E-state index in [1.807, 2.05) is 0 Å². The van der Waals surface area contributed by atoms with Crippen molar-refractivity contribution in [2.24, 2.45) is 0 Å². The van der Waals surface area contributed by atoms with Crippen LogP contribution in [0, 0.1) is 10.1 Å². The summed E-state index contributed by atoms with van der Waals surface area (Å²) in [5, 5.41) is 19.8. The minimum Gasteiger partial charge on any atom is -0.480 e. The molecule has 7 nitrogen and oxygen atoms in total. The molecule has 0 aromatic heterocycles. The Balaban J connectivity index is 2.46. The highest BCUT2D eigenvalue weighted by atomic mass is 19.3. The smallest absolute Gasteiger partial charge is 0.328 e. The Labute approximate surface area is 117 Å². The second kappa shape index (κ2) is 6.00. The predicted molar refractivity (Wildman–Crippen MR) is 67.6 cm³/mol. The molecule has 0 aliphatic carbocycles. The van der Waals surface area contributed by atoms with Crippen molar-refractivity contribution in [1.82, 2.24) is 0 Å². The van der Waals surface area contributed by atoms with Gasteiger partial charge in [-0.15, -0.1) is 0 Å². The third-order valence-corrected chi connectivity index (χ3v) is 3.18. The van der Waals surface area contributed by atoms with E-state index in [0.717, 1.165) is 18.2 Å². The maximum atomic E-state index is 13.1. The number of anilines is 1. The second-order valence-electron chi connectivity index (χ2n) is 4.42. The van der Waals surface area contributed by atoms with E-state index in [2.05, 4.69) is 0 Å². The van der Waals surface area contributed by atoms with Crippen LogP contribution in [0.15, 0.2) is 18.2 Å². The summed E-state index contributed by atoms with van der Waals surface area (Å²) < 4.78 is 31.3. The van der Waals surface area contributed by atoms with Crippen LogP contribution in [0.5, 0.6) is 0 Å². The van der Waals surface area contributed by atoms with Crippen LogP contribution in [-0.4, -0.2) is 41.8 Å². The van der Waals surface area contributed by atoms with Gasteiger partial charge in [-0.25, -0.2) is 13.6 Å². The number of carboxylic acids is 1. The largest absolute Gasteiger partial charge is 0.480 e. The van der Waals surface area contributed by atoms with Gasteiger partial charge in [-0.1, -0.05) is 0 Å². The van der Waals surface area contributed by atoms with E-state index >= 15 is 0 Å². The second-order valence-corrected chi connectivity index (χ2v) is 4.42. The van der Waals surface area contributed by atoms with E-state index in [1.54, 1.807) is 0 Å². The highest BCUT2D eigenvalue weighted by molar-refractivity contribution is 5.79. The lowest BCUT2D eigenvalue weighted by molar-refractivity contribution is -0.385. The zero-order valence-electron chi connectivity index (χ0n) is 10.7. The molecule has 9 heteroatoms. The lowest BCUT2D eigenvalue weighted by Gasteiger charge is -2.35. The number of aliphatic carboxylic acids is 1. The summed E-state index contributed by atoms with van der Waals surface area (Å²) in [7, 11) is 0. The number of carboxylic acid groups (broad SMARTS) is 1. The standard InChI is InChI=1S/C12H12F2N2O5/c13-11(14)8-5-7(16(19)20)1-2-9(8)15-3-4-21-6-10(15)12(17)18/h1-2,5,10-11H,3-4,6H2,(H,17,18). The average Bonchev–Trinajstić information content (AvgIpc) is 2.46. The van der Waals surface area contributed by atoms with Crippen LogP contribution in [0.25, 0.3) is 0 Å². The van der Waals surface area contributed by atoms with E-state index in [9.17, 15) is 23.7 Å². The molecule has 0 radical (unpaired) electrons. The van der Waals surface area contributed by atoms with Gasteiger partial charge < -0.3 is 14.7 Å². The molecule has 2 rings (SSSR count). The fraction of sp³-hybridized carbons (Fsp3) is 0.417. The molecule has 1 aliphatic rings. The number of halogens is 2. The number of hydrogen-bond donors (Lipinski definition) is 1. The molecule has 1 saturated heterocycles. The summed E-state index contributed by atoms with van der Waals surface area (Å²) in [6, 6.07) is 1.91. The fourth-order valence-corrected chi connectivity index (χ4v) is 2.19. The van der Waals surface area contributed by atoms with Crippen LogP contribution in [0.4, 0.5) is 20.2 Å². The molecule has 1 heterocycles. The number of non-ortho nitro benzene ring substituents is 1. The van der Waals surface area contributed by atoms with Crippen LogP contribution in [0.2, 0.25) is 0 Å². The highest BCUT2D eigenvalue weighted by Crippen LogP contribution is 2.34. The number of nitro benzene ring substituents is 1. The topological polar surface area (TPSA) is 92.9 Å². The van der Waals surface area contributed by atoms with Gasteiger partial charge in [0.05, 0.1) is 18.1 Å². The van der Waals surface area contributed by atoms with Crippen LogP contribution in [-0.2, 0) is 9.53 Å². The normalized spacial score (nSPS) is 18.8. The van der Waals surface area contributed by atoms with Crippen molar-refractivity contribution in [3.05, 3.63) is 33.9 Å². The van der Waals surface area contributed by atoms with Gasteiger partial charge in [0.25, 0.3) is 12.1 Å². The quantitative estimate of drug-likeness (QED) is 0.673. The summed E-state index contributed by atoms with van der Waals surface area (Å²) in [5.74, 6) is -1.20. The van der Waals surface area contributed by atoms with Gasteiger partial charge in [-0.3, -0.25) is 10.1 Å². The summed E-state index contributed by atoms with van der Waals surface area (Å²) in [6.45, 7) is 0.187. The van der Waals surface area contributed by atoms with Gasteiger partial charge in [-0.2, -0.15) is 0 Å². The first kappa shape index (κ1) is 15.1. The van der Waals surface area contributed by atoms with Crippen molar-refractivity contribution in [2.45, 2.75) is 12.5 Å². The molecule has 114 valence electrons. The number of morpholine rings is 1. The number of carbonyl (C=O) groups is 1. The lowest BCUT2D eigenvalue weighted by Crippen LogP contribution is -2.50. The van der Waals surface area contributed by atoms with Gasteiger partial charge in [0, 0.05) is 29.9 Å². The Hall–Kier alpha value is -2.29. The average molecular weight is 302 g/mol. The van der Waals surface area contributed by atoms with Crippen LogP contribution >= 0.6 is 0 Å². The molecule has 1 N–H and O–H groups in total. The van der Waals surface area contributed by atoms with Gasteiger partial charge in [-0.05, 0) is 6.07 Å². The Kier molecular flexibility index (Phi) is 4.32. The van der Waals surface area contributed by atoms with Gasteiger partial charge in [0.2, 0.25) is 0 Å². The number of ether oxygens (including phenoxy) is 1. The minimum atomic E-state index is -2.95. The fourth-order valence-electron chi connectivity index (χ4n) is 2.19. The van der Waals surface area contributed by atoms with Gasteiger partial charge in [0.15, 0.2) is 6.04 Å². The summed E-state index contributed by atoms with van der Waals surface area (Å²) in [6.07, 6.45) is -2.95. The number of nitrogens with zero attached hydrogens (tertiary/aromatic N) is 2. The molecule has 1 unspecified atom stereocenters. The van der Waals surface area contributed by atoms with Gasteiger partial charge >= 0.3 is 5.97 Å². The third kappa shape index (κ3) is 3.07. The molecule has 1 aromatic carbocycles. The first-order valence-electron chi connectivity index (χ1n) is 6.05. The number of nitro groups is 1. The molecule has 0 saturated carbocycles. The Bertz CT molecular complexity index is 567. The SMILES string of the molecule is O=C(O)C1COCCN1c1ccc([N+](=O)[O-])cc1C(F)F. The zero-order chi connectivity index (χ0) is 15.6. The molecule has 21 heavy (non-hydrogen) atoms. The van der Waals surface area contributed by atoms with E-state index in [4.69, 9.17) is 9.84 Å². The monoisotopic (exact) mass is 302 g/mol. The first-order chi connectivity index (χ1) is 9.91. The Morgan fingerprint density at radius 2 is 2.24 bits per heavy atom. The van der Waals surface area contributed by atoms with Crippen molar-refractivity contribution in [3.8, 4) is 0 Å². The predicted octanol–water partition coefficient (Wildman–Crippen LogP) is 1.82. The van der Waals surface area contributed by atoms with E-state index in [1.165, 1.54) is 4.90 Å². The third-order valence-electron chi connectivity index (χ3n) is 3.18. The zero-order valence-corrected chi connectivity index (χ0v) is 10.7. The van der Waals surface area contributed by atoms with Crippen LogP contribution < -0.4 is 4.90 Å². The number of hydrogen-bond acceptors (Lipinski definition) is 5. The van der Waals surface area contributed by atoms with Crippen molar-refractivity contribution >= 4 is 17.3 Å². The summed E-state index contributed by atoms with van der Waals surface area (Å²) in [5.41, 5.74) is -1.04. The molecular formula is C12H12F2N2O5. The van der Waals surface area contributed by atoms with E-state index in [-0.39, 0.29) is 25.4 Å².